The van der Waals surface area contributed by atoms with E-state index >= 15 is 0 Å². The van der Waals surface area contributed by atoms with Gasteiger partial charge in [-0.15, -0.1) is 24.0 Å². The summed E-state index contributed by atoms with van der Waals surface area (Å²) in [6.07, 6.45) is 2.75. The molecule has 4 rings (SSSR count). The largest absolute Gasteiger partial charge is 0.357 e. The summed E-state index contributed by atoms with van der Waals surface area (Å²) < 4.78 is 0. The van der Waals surface area contributed by atoms with E-state index in [0.717, 1.165) is 57.5 Å². The van der Waals surface area contributed by atoms with Crippen LogP contribution in [0, 0.1) is 0 Å². The maximum atomic E-state index is 12.8. The second-order valence-corrected chi connectivity index (χ2v) is 7.67. The summed E-state index contributed by atoms with van der Waals surface area (Å²) in [7, 11) is 0. The van der Waals surface area contributed by atoms with E-state index in [0.29, 0.717) is 6.54 Å². The number of fused-ring (bicyclic) bond motifs is 1. The number of carbonyl (C=O) groups excluding carboxylic acids is 1. The van der Waals surface area contributed by atoms with Crippen LogP contribution in [0.15, 0.2) is 53.7 Å². The van der Waals surface area contributed by atoms with Gasteiger partial charge in [-0.1, -0.05) is 30.3 Å². The zero-order valence-electron chi connectivity index (χ0n) is 18.0. The number of rotatable bonds is 4. The van der Waals surface area contributed by atoms with Gasteiger partial charge in [-0.2, -0.15) is 0 Å². The minimum atomic E-state index is 0. The van der Waals surface area contributed by atoms with Crippen LogP contribution in [0.4, 0.5) is 5.82 Å². The number of benzene rings is 1. The molecule has 1 aromatic heterocycles. The van der Waals surface area contributed by atoms with Crippen molar-refractivity contribution < 1.29 is 4.79 Å². The number of piperazine rings is 1. The molecule has 0 unspecified atom stereocenters. The molecule has 31 heavy (non-hydrogen) atoms. The highest BCUT2D eigenvalue weighted by Gasteiger charge is 2.22. The maximum Gasteiger partial charge on any atom is 0.244 e. The van der Waals surface area contributed by atoms with Gasteiger partial charge in [0.1, 0.15) is 12.4 Å². The van der Waals surface area contributed by atoms with Crippen LogP contribution in [0.1, 0.15) is 18.1 Å². The number of nitrogens with zero attached hydrogens (tertiary/aromatic N) is 5. The Balaban J connectivity index is 0.00000272. The second kappa shape index (κ2) is 11.3. The number of hydrogen-bond donors (Lipinski definition) is 1. The third-order valence-electron chi connectivity index (χ3n) is 5.73. The van der Waals surface area contributed by atoms with Crippen molar-refractivity contribution in [2.45, 2.75) is 19.9 Å². The summed E-state index contributed by atoms with van der Waals surface area (Å²) in [5, 5.41) is 3.35. The minimum absolute atomic E-state index is 0. The van der Waals surface area contributed by atoms with Crippen molar-refractivity contribution in [3.05, 3.63) is 59.8 Å². The lowest BCUT2D eigenvalue weighted by Gasteiger charge is -2.37. The average Bonchev–Trinajstić information content (AvgIpc) is 2.82. The van der Waals surface area contributed by atoms with Crippen molar-refractivity contribution in [1.82, 2.24) is 20.1 Å². The monoisotopic (exact) mass is 534 g/mol. The summed E-state index contributed by atoms with van der Waals surface area (Å²) in [5.41, 5.74) is 2.60. The summed E-state index contributed by atoms with van der Waals surface area (Å²) in [6, 6.07) is 14.4. The third kappa shape index (κ3) is 5.87. The summed E-state index contributed by atoms with van der Waals surface area (Å²) in [6.45, 7) is 7.96. The highest BCUT2D eigenvalue weighted by molar-refractivity contribution is 14.0. The Morgan fingerprint density at radius 3 is 2.45 bits per heavy atom. The molecule has 1 aromatic carbocycles. The molecule has 1 saturated heterocycles. The zero-order chi connectivity index (χ0) is 20.8. The fourth-order valence-corrected chi connectivity index (χ4v) is 4.07. The van der Waals surface area contributed by atoms with Gasteiger partial charge in [0.15, 0.2) is 5.96 Å². The Hall–Kier alpha value is -2.36. The van der Waals surface area contributed by atoms with Gasteiger partial charge in [-0.25, -0.2) is 9.98 Å². The second-order valence-electron chi connectivity index (χ2n) is 7.67. The fraction of sp³-hybridized carbons (Fsp3) is 0.435. The number of nitrogens with one attached hydrogen (secondary N) is 1. The van der Waals surface area contributed by atoms with Gasteiger partial charge in [-0.05, 0) is 36.6 Å². The predicted octanol–water partition coefficient (Wildman–Crippen LogP) is 2.37. The van der Waals surface area contributed by atoms with Crippen molar-refractivity contribution in [3.63, 3.8) is 0 Å². The lowest BCUT2D eigenvalue weighted by atomic mass is 10.00. The van der Waals surface area contributed by atoms with Gasteiger partial charge in [0.25, 0.3) is 0 Å². The molecule has 0 aliphatic carbocycles. The quantitative estimate of drug-likeness (QED) is 0.371. The first-order valence-corrected chi connectivity index (χ1v) is 10.8. The molecule has 2 aliphatic rings. The lowest BCUT2D eigenvalue weighted by molar-refractivity contribution is -0.130. The summed E-state index contributed by atoms with van der Waals surface area (Å²) in [5.74, 6) is 1.93. The van der Waals surface area contributed by atoms with E-state index in [2.05, 4.69) is 50.2 Å². The van der Waals surface area contributed by atoms with Crippen LogP contribution in [0.25, 0.3) is 0 Å². The number of anilines is 1. The number of carbonyl (C=O) groups is 1. The molecule has 1 amide bonds. The Morgan fingerprint density at radius 2 is 1.74 bits per heavy atom. The first kappa shape index (κ1) is 23.3. The van der Waals surface area contributed by atoms with E-state index in [9.17, 15) is 4.79 Å². The van der Waals surface area contributed by atoms with Crippen molar-refractivity contribution in [2.75, 3.05) is 50.7 Å². The molecule has 7 nitrogen and oxygen atoms in total. The van der Waals surface area contributed by atoms with Gasteiger partial charge >= 0.3 is 0 Å². The van der Waals surface area contributed by atoms with Crippen LogP contribution >= 0.6 is 24.0 Å². The molecule has 0 bridgehead atoms. The van der Waals surface area contributed by atoms with Crippen LogP contribution < -0.4 is 10.2 Å². The Morgan fingerprint density at radius 1 is 1.00 bits per heavy atom. The molecule has 1 fully saturated rings. The molecule has 3 heterocycles. The molecule has 2 aromatic rings. The Bertz CT molecular complexity index is 883. The molecule has 166 valence electrons. The van der Waals surface area contributed by atoms with Gasteiger partial charge in [-0.3, -0.25) is 4.79 Å². The van der Waals surface area contributed by atoms with Crippen LogP contribution in [0.2, 0.25) is 0 Å². The van der Waals surface area contributed by atoms with E-state index in [4.69, 9.17) is 0 Å². The number of pyridine rings is 1. The van der Waals surface area contributed by atoms with E-state index in [1.165, 1.54) is 11.1 Å². The molecule has 0 saturated carbocycles. The van der Waals surface area contributed by atoms with Crippen molar-refractivity contribution in [2.24, 2.45) is 4.99 Å². The number of aliphatic imine (C=N–C) groups is 1. The molecule has 0 radical (unpaired) electrons. The number of hydrogen-bond acceptors (Lipinski definition) is 4. The van der Waals surface area contributed by atoms with Crippen LogP contribution in [0.5, 0.6) is 0 Å². The van der Waals surface area contributed by atoms with E-state index in [1.807, 2.05) is 35.4 Å². The van der Waals surface area contributed by atoms with Gasteiger partial charge < -0.3 is 20.0 Å². The Kier molecular flexibility index (Phi) is 8.51. The van der Waals surface area contributed by atoms with E-state index in [-0.39, 0.29) is 36.4 Å². The molecular weight excluding hydrogens is 503 g/mol. The highest BCUT2D eigenvalue weighted by atomic mass is 127. The van der Waals surface area contributed by atoms with Gasteiger partial charge in [0.05, 0.1) is 0 Å². The minimum Gasteiger partial charge on any atom is -0.357 e. The van der Waals surface area contributed by atoms with E-state index < -0.39 is 0 Å². The third-order valence-corrected chi connectivity index (χ3v) is 5.73. The normalized spacial score (nSPS) is 16.4. The SMILES string of the molecule is CCNC(=NCC(=O)N1CCc2ccccc2C1)N1CCN(c2ccccn2)CC1.I. The van der Waals surface area contributed by atoms with E-state index in [1.54, 1.807) is 0 Å². The maximum absolute atomic E-state index is 12.8. The zero-order valence-corrected chi connectivity index (χ0v) is 20.4. The molecule has 0 atom stereocenters. The number of halogens is 1. The first-order valence-electron chi connectivity index (χ1n) is 10.8. The van der Waals surface area contributed by atoms with Crippen LogP contribution in [0.3, 0.4) is 0 Å². The molecule has 2 aliphatic heterocycles. The average molecular weight is 534 g/mol. The standard InChI is InChI=1S/C23H30N6O.HI/c1-2-24-23(28-15-13-27(14-16-28)21-9-5-6-11-25-21)26-17-22(30)29-12-10-19-7-3-4-8-20(19)18-29;/h3-9,11H,2,10,12-18H2,1H3,(H,24,26);1H. The molecular formula is C23H31IN6O. The molecule has 0 spiro atoms. The van der Waals surface area contributed by atoms with Crippen LogP contribution in [-0.4, -0.2) is 72.5 Å². The van der Waals surface area contributed by atoms with Crippen molar-refractivity contribution in [1.29, 1.82) is 0 Å². The Labute approximate surface area is 201 Å². The summed E-state index contributed by atoms with van der Waals surface area (Å²) in [4.78, 5) is 28.4. The lowest BCUT2D eigenvalue weighted by Crippen LogP contribution is -2.53. The van der Waals surface area contributed by atoms with Crippen molar-refractivity contribution in [3.8, 4) is 0 Å². The van der Waals surface area contributed by atoms with Crippen LogP contribution in [-0.2, 0) is 17.8 Å². The highest BCUT2D eigenvalue weighted by Crippen LogP contribution is 2.18. The molecule has 1 N–H and O–H groups in total. The van der Waals surface area contributed by atoms with Crippen molar-refractivity contribution >= 4 is 41.7 Å². The topological polar surface area (TPSA) is 64.1 Å². The predicted molar refractivity (Wildman–Crippen MR) is 135 cm³/mol. The fourth-order valence-electron chi connectivity index (χ4n) is 4.07. The number of guanidine groups is 1. The molecule has 8 heteroatoms. The smallest absolute Gasteiger partial charge is 0.244 e. The van der Waals surface area contributed by atoms with Gasteiger partial charge in [0.2, 0.25) is 5.91 Å². The number of amides is 1. The number of aromatic nitrogens is 1. The summed E-state index contributed by atoms with van der Waals surface area (Å²) >= 11 is 0. The van der Waals surface area contributed by atoms with Gasteiger partial charge in [0, 0.05) is 52.0 Å². The first-order chi connectivity index (χ1) is 14.7.